The molecule has 118 valence electrons. The molecule has 2 rings (SSSR count). The highest BCUT2D eigenvalue weighted by Gasteiger charge is 2.30. The molecule has 0 aliphatic carbocycles. The number of aromatic nitrogens is 2. The predicted molar refractivity (Wildman–Crippen MR) is 85.7 cm³/mol. The van der Waals surface area contributed by atoms with Crippen molar-refractivity contribution >= 4 is 37.9 Å². The van der Waals surface area contributed by atoms with Crippen molar-refractivity contribution < 1.29 is 8.42 Å². The second kappa shape index (κ2) is 6.62. The van der Waals surface area contributed by atoms with Gasteiger partial charge in [-0.25, -0.2) is 13.4 Å². The van der Waals surface area contributed by atoms with Crippen LogP contribution in [0.1, 0.15) is 13.3 Å². The van der Waals surface area contributed by atoms with Gasteiger partial charge < -0.3 is 4.90 Å². The van der Waals surface area contributed by atoms with Gasteiger partial charge in [-0.15, -0.1) is 11.3 Å². The molecule has 0 saturated carbocycles. The smallest absolute Gasteiger partial charge is 0.262 e. The zero-order chi connectivity index (χ0) is 15.6. The molecular weight excluding hydrogens is 332 g/mol. The van der Waals surface area contributed by atoms with Gasteiger partial charge in [-0.2, -0.15) is 4.31 Å². The van der Waals surface area contributed by atoms with Crippen LogP contribution in [-0.4, -0.2) is 60.7 Å². The fraction of sp³-hybridized carbons (Fsp3) is 0.583. The third-order valence-electron chi connectivity index (χ3n) is 3.13. The highest BCUT2D eigenvalue weighted by Crippen LogP contribution is 2.27. The van der Waals surface area contributed by atoms with Gasteiger partial charge >= 0.3 is 0 Å². The van der Waals surface area contributed by atoms with E-state index in [9.17, 15) is 8.42 Å². The van der Waals surface area contributed by atoms with Gasteiger partial charge in [0.1, 0.15) is 0 Å². The molecule has 0 aromatic carbocycles. The average molecular weight is 351 g/mol. The molecule has 9 heteroatoms. The summed E-state index contributed by atoms with van der Waals surface area (Å²) in [6.07, 6.45) is 2.45. The Balaban J connectivity index is 2.30. The largest absolute Gasteiger partial charge is 0.309 e. The van der Waals surface area contributed by atoms with Crippen molar-refractivity contribution in [3.63, 3.8) is 0 Å². The van der Waals surface area contributed by atoms with Gasteiger partial charge in [0, 0.05) is 24.7 Å². The monoisotopic (exact) mass is 350 g/mol. The van der Waals surface area contributed by atoms with Crippen molar-refractivity contribution in [1.29, 1.82) is 0 Å². The second-order valence-corrected chi connectivity index (χ2v) is 8.00. The van der Waals surface area contributed by atoms with E-state index in [2.05, 4.69) is 4.98 Å². The number of thiazole rings is 1. The minimum Gasteiger partial charge on any atom is -0.309 e. The number of sulfonamides is 1. The SMILES string of the molecule is CCN(CCCN(C)C)S(=O)(=O)c1c(Cl)nc2sccn12. The molecule has 2 heterocycles. The maximum absolute atomic E-state index is 12.8. The predicted octanol–water partition coefficient (Wildman–Crippen LogP) is 2.01. The third kappa shape index (κ3) is 3.40. The normalized spacial score (nSPS) is 12.9. The lowest BCUT2D eigenvalue weighted by molar-refractivity contribution is 0.355. The number of rotatable bonds is 7. The van der Waals surface area contributed by atoms with E-state index in [-0.39, 0.29) is 10.2 Å². The fourth-order valence-electron chi connectivity index (χ4n) is 2.10. The topological polar surface area (TPSA) is 57.9 Å². The second-order valence-electron chi connectivity index (χ2n) is 4.92. The number of hydrogen-bond donors (Lipinski definition) is 0. The molecule has 6 nitrogen and oxygen atoms in total. The van der Waals surface area contributed by atoms with Crippen molar-refractivity contribution in [1.82, 2.24) is 18.6 Å². The standard InChI is InChI=1S/C12H19ClN4O2S2/c1-4-16(7-5-6-15(2)3)21(18,19)11-10(13)14-12-17(11)8-9-20-12/h8-9H,4-7H2,1-3H3. The van der Waals surface area contributed by atoms with Gasteiger partial charge in [-0.05, 0) is 27.1 Å². The van der Waals surface area contributed by atoms with Gasteiger partial charge in [-0.3, -0.25) is 4.40 Å². The summed E-state index contributed by atoms with van der Waals surface area (Å²) in [4.78, 5) is 6.71. The summed E-state index contributed by atoms with van der Waals surface area (Å²) in [5.41, 5.74) is 0. The number of nitrogens with zero attached hydrogens (tertiary/aromatic N) is 4. The molecule has 0 spiro atoms. The maximum Gasteiger partial charge on any atom is 0.262 e. The molecule has 0 fully saturated rings. The molecule has 0 N–H and O–H groups in total. The summed E-state index contributed by atoms with van der Waals surface area (Å²) in [6.45, 7) is 3.53. The van der Waals surface area contributed by atoms with Crippen LogP contribution in [0.5, 0.6) is 0 Å². The Morgan fingerprint density at radius 3 is 2.71 bits per heavy atom. The summed E-state index contributed by atoms with van der Waals surface area (Å²) in [7, 11) is 0.289. The molecule has 0 atom stereocenters. The molecule has 0 amide bonds. The maximum atomic E-state index is 12.8. The van der Waals surface area contributed by atoms with Crippen LogP contribution in [-0.2, 0) is 10.0 Å². The molecule has 0 bridgehead atoms. The van der Waals surface area contributed by atoms with Gasteiger partial charge in [-0.1, -0.05) is 18.5 Å². The zero-order valence-electron chi connectivity index (χ0n) is 12.3. The summed E-state index contributed by atoms with van der Waals surface area (Å²) in [5, 5.41) is 1.89. The van der Waals surface area contributed by atoms with E-state index in [4.69, 9.17) is 11.6 Å². The van der Waals surface area contributed by atoms with E-state index in [1.165, 1.54) is 20.0 Å². The lowest BCUT2D eigenvalue weighted by atomic mass is 10.4. The summed E-state index contributed by atoms with van der Waals surface area (Å²) >= 11 is 7.40. The lowest BCUT2D eigenvalue weighted by Gasteiger charge is -2.21. The van der Waals surface area contributed by atoms with E-state index in [0.29, 0.717) is 18.1 Å². The van der Waals surface area contributed by atoms with E-state index in [1.54, 1.807) is 11.6 Å². The average Bonchev–Trinajstić information content (AvgIpc) is 2.93. The van der Waals surface area contributed by atoms with Crippen LogP contribution in [0, 0.1) is 0 Å². The van der Waals surface area contributed by atoms with Gasteiger partial charge in [0.15, 0.2) is 15.1 Å². The quantitative estimate of drug-likeness (QED) is 0.766. The Morgan fingerprint density at radius 2 is 2.10 bits per heavy atom. The van der Waals surface area contributed by atoms with E-state index < -0.39 is 10.0 Å². The first-order chi connectivity index (χ1) is 9.87. The highest BCUT2D eigenvalue weighted by atomic mass is 35.5. The number of imidazole rings is 1. The Kier molecular flexibility index (Phi) is 5.26. The first-order valence-corrected chi connectivity index (χ1v) is 9.33. The van der Waals surface area contributed by atoms with E-state index in [0.717, 1.165) is 13.0 Å². The zero-order valence-corrected chi connectivity index (χ0v) is 14.7. The summed E-state index contributed by atoms with van der Waals surface area (Å²) in [6, 6.07) is 0. The van der Waals surface area contributed by atoms with Crippen molar-refractivity contribution in [2.45, 2.75) is 18.4 Å². The Labute approximate surface area is 134 Å². The summed E-state index contributed by atoms with van der Waals surface area (Å²) in [5.74, 6) is 0. The first kappa shape index (κ1) is 16.7. The van der Waals surface area contributed by atoms with Crippen LogP contribution in [0.2, 0.25) is 5.15 Å². The van der Waals surface area contributed by atoms with Crippen molar-refractivity contribution in [2.75, 3.05) is 33.7 Å². The van der Waals surface area contributed by atoms with Crippen LogP contribution in [0.3, 0.4) is 0 Å². The molecule has 0 radical (unpaired) electrons. The van der Waals surface area contributed by atoms with E-state index in [1.807, 2.05) is 25.9 Å². The number of fused-ring (bicyclic) bond motifs is 1. The third-order valence-corrected chi connectivity index (χ3v) is 6.26. The molecule has 2 aromatic heterocycles. The Hall–Kier alpha value is -0.670. The molecular formula is C12H19ClN4O2S2. The minimum absolute atomic E-state index is 0.0351. The Bertz CT molecular complexity index is 708. The molecule has 0 saturated heterocycles. The van der Waals surface area contributed by atoms with Crippen molar-refractivity contribution in [2.24, 2.45) is 0 Å². The van der Waals surface area contributed by atoms with Crippen LogP contribution in [0.15, 0.2) is 16.6 Å². The van der Waals surface area contributed by atoms with Crippen molar-refractivity contribution in [3.8, 4) is 0 Å². The van der Waals surface area contributed by atoms with Gasteiger partial charge in [0.05, 0.1) is 0 Å². The van der Waals surface area contributed by atoms with E-state index >= 15 is 0 Å². The first-order valence-electron chi connectivity index (χ1n) is 6.64. The molecule has 0 aliphatic heterocycles. The van der Waals surface area contributed by atoms with Gasteiger partial charge in [0.25, 0.3) is 10.0 Å². The van der Waals surface area contributed by atoms with Crippen LogP contribution in [0.25, 0.3) is 4.96 Å². The van der Waals surface area contributed by atoms with Crippen LogP contribution >= 0.6 is 22.9 Å². The minimum atomic E-state index is -3.64. The highest BCUT2D eigenvalue weighted by molar-refractivity contribution is 7.89. The van der Waals surface area contributed by atoms with Crippen molar-refractivity contribution in [3.05, 3.63) is 16.7 Å². The lowest BCUT2D eigenvalue weighted by Crippen LogP contribution is -2.34. The van der Waals surface area contributed by atoms with Gasteiger partial charge in [0.2, 0.25) is 0 Å². The summed E-state index contributed by atoms with van der Waals surface area (Å²) < 4.78 is 28.6. The number of halogens is 1. The molecule has 0 unspecified atom stereocenters. The molecule has 21 heavy (non-hydrogen) atoms. The number of hydrogen-bond acceptors (Lipinski definition) is 5. The fourth-order valence-corrected chi connectivity index (χ4v) is 5.00. The van der Waals surface area contributed by atoms with Crippen LogP contribution < -0.4 is 0 Å². The van der Waals surface area contributed by atoms with Crippen LogP contribution in [0.4, 0.5) is 0 Å². The molecule has 0 aliphatic rings. The Morgan fingerprint density at radius 1 is 1.38 bits per heavy atom. The molecule has 2 aromatic rings.